The van der Waals surface area contributed by atoms with Crippen molar-refractivity contribution in [2.45, 2.75) is 19.0 Å². The number of hydrogen-bond donors (Lipinski definition) is 3. The third-order valence-electron chi connectivity index (χ3n) is 5.34. The second-order valence-electron chi connectivity index (χ2n) is 7.65. The quantitative estimate of drug-likeness (QED) is 0.342. The third-order valence-corrected chi connectivity index (χ3v) is 6.11. The number of rotatable bonds is 10. The molecule has 0 spiro atoms. The molecule has 0 radical (unpaired) electrons. The van der Waals surface area contributed by atoms with Crippen molar-refractivity contribution in [2.75, 3.05) is 26.6 Å². The Morgan fingerprint density at radius 2 is 1.69 bits per heavy atom. The van der Waals surface area contributed by atoms with Crippen LogP contribution in [0.15, 0.2) is 64.0 Å². The van der Waals surface area contributed by atoms with E-state index in [9.17, 15) is 19.5 Å². The average molecular weight is 560 g/mol. The first kappa shape index (κ1) is 26.6. The van der Waals surface area contributed by atoms with Crippen LogP contribution in [0.3, 0.4) is 0 Å². The van der Waals surface area contributed by atoms with Gasteiger partial charge < -0.3 is 34.5 Å². The SMILES string of the molecule is COc1cc([C@H](CC(=O)O)NC(=O)Nc2cccn(Cc3ccccc3Br)c2=O)cc(OC)c1OC. The summed E-state index contributed by atoms with van der Waals surface area (Å²) in [6.07, 6.45) is 1.20. The van der Waals surface area contributed by atoms with Crippen LogP contribution < -0.4 is 30.4 Å². The number of aromatic nitrogens is 1. The highest BCUT2D eigenvalue weighted by Crippen LogP contribution is 2.40. The maximum atomic E-state index is 13.0. The van der Waals surface area contributed by atoms with E-state index in [1.165, 1.54) is 32.0 Å². The summed E-state index contributed by atoms with van der Waals surface area (Å²) in [5.41, 5.74) is 0.943. The van der Waals surface area contributed by atoms with Gasteiger partial charge in [-0.2, -0.15) is 0 Å². The van der Waals surface area contributed by atoms with Crippen LogP contribution in [0.2, 0.25) is 0 Å². The van der Waals surface area contributed by atoms with Crippen LogP contribution in [-0.2, 0) is 11.3 Å². The number of hydrogen-bond acceptors (Lipinski definition) is 6. The lowest BCUT2D eigenvalue weighted by Gasteiger charge is -2.21. The predicted molar refractivity (Wildman–Crippen MR) is 137 cm³/mol. The lowest BCUT2D eigenvalue weighted by molar-refractivity contribution is -0.137. The van der Waals surface area contributed by atoms with Gasteiger partial charge in [0.05, 0.1) is 40.3 Å². The lowest BCUT2D eigenvalue weighted by atomic mass is 10.0. The Morgan fingerprint density at radius 3 is 2.28 bits per heavy atom. The first-order valence-corrected chi connectivity index (χ1v) is 11.6. The molecular formula is C25H26BrN3O7. The van der Waals surface area contributed by atoms with E-state index in [0.717, 1.165) is 10.0 Å². The van der Waals surface area contributed by atoms with E-state index in [4.69, 9.17) is 14.2 Å². The number of carboxylic acids is 1. The summed E-state index contributed by atoms with van der Waals surface area (Å²) in [5.74, 6) is -0.188. The topological polar surface area (TPSA) is 128 Å². The molecule has 190 valence electrons. The maximum absolute atomic E-state index is 13.0. The summed E-state index contributed by atoms with van der Waals surface area (Å²) in [6.45, 7) is 0.296. The number of anilines is 1. The highest BCUT2D eigenvalue weighted by atomic mass is 79.9. The summed E-state index contributed by atoms with van der Waals surface area (Å²) in [5, 5.41) is 14.6. The average Bonchev–Trinajstić information content (AvgIpc) is 2.86. The molecule has 3 rings (SSSR count). The van der Waals surface area contributed by atoms with E-state index >= 15 is 0 Å². The standard InChI is InChI=1S/C25H26BrN3O7/c1-34-20-11-16(12-21(35-2)23(20)36-3)19(13-22(30)31)28-25(33)27-18-9-6-10-29(24(18)32)14-15-7-4-5-8-17(15)26/h4-12,19H,13-14H2,1-3H3,(H,30,31)(H2,27,28,33)/t19-/m0/s1. The molecule has 36 heavy (non-hydrogen) atoms. The summed E-state index contributed by atoms with van der Waals surface area (Å²) in [7, 11) is 4.31. The number of methoxy groups -OCH3 is 3. The van der Waals surface area contributed by atoms with Crippen molar-refractivity contribution in [2.24, 2.45) is 0 Å². The third kappa shape index (κ3) is 6.36. The summed E-state index contributed by atoms with van der Waals surface area (Å²) >= 11 is 3.47. The Balaban J connectivity index is 1.84. The van der Waals surface area contributed by atoms with E-state index in [0.29, 0.717) is 29.4 Å². The molecule has 11 heteroatoms. The molecule has 3 N–H and O–H groups in total. The zero-order valence-corrected chi connectivity index (χ0v) is 21.5. The first-order valence-electron chi connectivity index (χ1n) is 10.8. The molecule has 1 atom stereocenters. The van der Waals surface area contributed by atoms with Crippen molar-refractivity contribution in [3.63, 3.8) is 0 Å². The first-order chi connectivity index (χ1) is 17.3. The Morgan fingerprint density at radius 1 is 1.03 bits per heavy atom. The molecule has 1 aromatic heterocycles. The van der Waals surface area contributed by atoms with Gasteiger partial charge in [0.25, 0.3) is 5.56 Å². The van der Waals surface area contributed by atoms with Gasteiger partial charge in [0.2, 0.25) is 5.75 Å². The van der Waals surface area contributed by atoms with Gasteiger partial charge >= 0.3 is 12.0 Å². The van der Waals surface area contributed by atoms with E-state index in [-0.39, 0.29) is 5.69 Å². The Hall–Kier alpha value is -3.99. The molecule has 0 saturated heterocycles. The number of halogens is 1. The van der Waals surface area contributed by atoms with Crippen molar-refractivity contribution in [1.82, 2.24) is 9.88 Å². The van der Waals surface area contributed by atoms with Gasteiger partial charge in [-0.1, -0.05) is 34.1 Å². The van der Waals surface area contributed by atoms with E-state index in [1.807, 2.05) is 24.3 Å². The molecule has 0 aliphatic carbocycles. The number of amides is 2. The van der Waals surface area contributed by atoms with Crippen LogP contribution in [0.1, 0.15) is 23.6 Å². The molecule has 10 nitrogen and oxygen atoms in total. The van der Waals surface area contributed by atoms with Crippen LogP contribution in [0, 0.1) is 0 Å². The fourth-order valence-electron chi connectivity index (χ4n) is 3.61. The maximum Gasteiger partial charge on any atom is 0.319 e. The monoisotopic (exact) mass is 559 g/mol. The second-order valence-corrected chi connectivity index (χ2v) is 8.51. The zero-order chi connectivity index (χ0) is 26.2. The minimum Gasteiger partial charge on any atom is -0.493 e. The summed E-state index contributed by atoms with van der Waals surface area (Å²) < 4.78 is 18.3. The van der Waals surface area contributed by atoms with E-state index in [1.54, 1.807) is 24.4 Å². The fourth-order valence-corrected chi connectivity index (χ4v) is 4.02. The number of nitrogens with zero attached hydrogens (tertiary/aromatic N) is 1. The number of nitrogens with one attached hydrogen (secondary N) is 2. The number of ether oxygens (including phenoxy) is 3. The smallest absolute Gasteiger partial charge is 0.319 e. The van der Waals surface area contributed by atoms with Crippen LogP contribution in [-0.4, -0.2) is 43.0 Å². The minimum atomic E-state index is -1.13. The van der Waals surface area contributed by atoms with Crippen molar-refractivity contribution in [3.8, 4) is 17.2 Å². The number of aliphatic carboxylic acids is 1. The van der Waals surface area contributed by atoms with Gasteiger partial charge in [0.1, 0.15) is 5.69 Å². The van der Waals surface area contributed by atoms with Crippen LogP contribution in [0.25, 0.3) is 0 Å². The Bertz CT molecular complexity index is 1280. The summed E-state index contributed by atoms with van der Waals surface area (Å²) in [6, 6.07) is 12.0. The van der Waals surface area contributed by atoms with Crippen molar-refractivity contribution < 1.29 is 28.9 Å². The number of carbonyl (C=O) groups is 2. The van der Waals surface area contributed by atoms with Crippen LogP contribution in [0.4, 0.5) is 10.5 Å². The molecule has 0 saturated carbocycles. The number of carboxylic acid groups (broad SMARTS) is 1. The van der Waals surface area contributed by atoms with Gasteiger partial charge in [-0.25, -0.2) is 4.79 Å². The number of urea groups is 1. The molecule has 1 heterocycles. The van der Waals surface area contributed by atoms with Gasteiger partial charge in [0.15, 0.2) is 11.5 Å². The Labute approximate surface area is 215 Å². The molecule has 0 bridgehead atoms. The zero-order valence-electron chi connectivity index (χ0n) is 19.9. The summed E-state index contributed by atoms with van der Waals surface area (Å²) in [4.78, 5) is 37.3. The molecular weight excluding hydrogens is 534 g/mol. The number of benzene rings is 2. The molecule has 2 aromatic carbocycles. The minimum absolute atomic E-state index is 0.0426. The lowest BCUT2D eigenvalue weighted by Crippen LogP contribution is -2.36. The van der Waals surface area contributed by atoms with Crippen LogP contribution in [0.5, 0.6) is 17.2 Å². The van der Waals surface area contributed by atoms with Crippen molar-refractivity contribution >= 4 is 33.6 Å². The molecule has 0 aliphatic heterocycles. The molecule has 0 unspecified atom stereocenters. The van der Waals surface area contributed by atoms with Gasteiger partial charge in [-0.15, -0.1) is 0 Å². The molecule has 0 aliphatic rings. The second kappa shape index (κ2) is 12.1. The van der Waals surface area contributed by atoms with Crippen molar-refractivity contribution in [3.05, 3.63) is 80.7 Å². The predicted octanol–water partition coefficient (Wildman–Crippen LogP) is 4.02. The number of pyridine rings is 1. The highest BCUT2D eigenvalue weighted by molar-refractivity contribution is 9.10. The molecule has 2 amide bonds. The highest BCUT2D eigenvalue weighted by Gasteiger charge is 2.23. The number of carbonyl (C=O) groups excluding carboxylic acids is 1. The fraction of sp³-hybridized carbons (Fsp3) is 0.240. The Kier molecular flexibility index (Phi) is 8.96. The molecule has 3 aromatic rings. The molecule has 0 fully saturated rings. The van der Waals surface area contributed by atoms with Gasteiger partial charge in [-0.05, 0) is 41.5 Å². The van der Waals surface area contributed by atoms with E-state index < -0.39 is 30.0 Å². The normalized spacial score (nSPS) is 11.3. The van der Waals surface area contributed by atoms with Crippen molar-refractivity contribution in [1.29, 1.82) is 0 Å². The largest absolute Gasteiger partial charge is 0.493 e. The van der Waals surface area contributed by atoms with Crippen LogP contribution >= 0.6 is 15.9 Å². The van der Waals surface area contributed by atoms with Gasteiger partial charge in [-0.3, -0.25) is 9.59 Å². The van der Waals surface area contributed by atoms with E-state index in [2.05, 4.69) is 26.6 Å². The van der Waals surface area contributed by atoms with Gasteiger partial charge in [0, 0.05) is 10.7 Å².